The van der Waals surface area contributed by atoms with Gasteiger partial charge in [-0.15, -0.1) is 0 Å². The van der Waals surface area contributed by atoms with Crippen molar-refractivity contribution in [3.05, 3.63) is 36.2 Å². The van der Waals surface area contributed by atoms with E-state index in [9.17, 15) is 9.59 Å². The second-order valence-electron chi connectivity index (χ2n) is 6.23. The van der Waals surface area contributed by atoms with Gasteiger partial charge in [0, 0.05) is 31.6 Å². The van der Waals surface area contributed by atoms with E-state index in [2.05, 4.69) is 10.3 Å². The second kappa shape index (κ2) is 8.62. The lowest BCUT2D eigenvalue weighted by atomic mass is 9.80. The standard InChI is InChI=1S/C19H27N3O2/c1-3-22(4-2)18(24)19(12-6-5-7-13-19)21-17(23)11-10-16-9-8-14-20-15-16/h8-11,14-15H,3-7,12-13H2,1-2H3,(H,21,23)/b11-10+. The van der Waals surface area contributed by atoms with Crippen LogP contribution in [0, 0.1) is 0 Å². The third-order valence-corrected chi connectivity index (χ3v) is 4.64. The van der Waals surface area contributed by atoms with Crippen molar-refractivity contribution < 1.29 is 9.59 Å². The number of pyridine rings is 1. The molecule has 2 rings (SSSR count). The summed E-state index contributed by atoms with van der Waals surface area (Å²) < 4.78 is 0. The van der Waals surface area contributed by atoms with E-state index in [4.69, 9.17) is 0 Å². The molecule has 0 saturated heterocycles. The van der Waals surface area contributed by atoms with Crippen molar-refractivity contribution >= 4 is 17.9 Å². The zero-order valence-corrected chi connectivity index (χ0v) is 14.6. The Kier molecular flexibility index (Phi) is 6.53. The Bertz CT molecular complexity index is 574. The van der Waals surface area contributed by atoms with E-state index in [0.717, 1.165) is 37.7 Å². The van der Waals surface area contributed by atoms with Gasteiger partial charge >= 0.3 is 0 Å². The summed E-state index contributed by atoms with van der Waals surface area (Å²) in [6.45, 7) is 5.28. The highest BCUT2D eigenvalue weighted by Crippen LogP contribution is 2.30. The second-order valence-corrected chi connectivity index (χ2v) is 6.23. The predicted molar refractivity (Wildman–Crippen MR) is 95.2 cm³/mol. The van der Waals surface area contributed by atoms with Gasteiger partial charge in [-0.2, -0.15) is 0 Å². The molecule has 1 heterocycles. The average molecular weight is 329 g/mol. The van der Waals surface area contributed by atoms with Gasteiger partial charge in [0.2, 0.25) is 11.8 Å². The van der Waals surface area contributed by atoms with Crippen LogP contribution in [0.25, 0.3) is 6.08 Å². The zero-order chi connectivity index (χ0) is 17.4. The summed E-state index contributed by atoms with van der Waals surface area (Å²) in [6, 6.07) is 3.71. The SMILES string of the molecule is CCN(CC)C(=O)C1(NC(=O)/C=C/c2cccnc2)CCCCC1. The van der Waals surface area contributed by atoms with E-state index in [-0.39, 0.29) is 11.8 Å². The number of aromatic nitrogens is 1. The fourth-order valence-electron chi connectivity index (χ4n) is 3.29. The summed E-state index contributed by atoms with van der Waals surface area (Å²) >= 11 is 0. The molecule has 0 aliphatic heterocycles. The van der Waals surface area contributed by atoms with E-state index in [1.54, 1.807) is 18.5 Å². The molecule has 0 bridgehead atoms. The molecule has 1 saturated carbocycles. The van der Waals surface area contributed by atoms with Gasteiger partial charge in [-0.1, -0.05) is 25.3 Å². The summed E-state index contributed by atoms with van der Waals surface area (Å²) in [7, 11) is 0. The molecule has 1 N–H and O–H groups in total. The number of likely N-dealkylation sites (N-methyl/N-ethyl adjacent to an activating group) is 1. The van der Waals surface area contributed by atoms with Gasteiger partial charge in [0.1, 0.15) is 5.54 Å². The predicted octanol–water partition coefficient (Wildman–Crippen LogP) is 2.78. The van der Waals surface area contributed by atoms with E-state index in [1.165, 1.54) is 6.08 Å². The molecule has 1 aliphatic carbocycles. The van der Waals surface area contributed by atoms with Crippen LogP contribution in [-0.2, 0) is 9.59 Å². The maximum atomic E-state index is 13.0. The van der Waals surface area contributed by atoms with Crippen molar-refractivity contribution in [1.82, 2.24) is 15.2 Å². The summed E-state index contributed by atoms with van der Waals surface area (Å²) in [4.78, 5) is 31.2. The highest BCUT2D eigenvalue weighted by molar-refractivity contribution is 5.97. The zero-order valence-electron chi connectivity index (χ0n) is 14.6. The lowest BCUT2D eigenvalue weighted by Gasteiger charge is -2.39. The molecule has 5 nitrogen and oxygen atoms in total. The smallest absolute Gasteiger partial charge is 0.248 e. The van der Waals surface area contributed by atoms with Gasteiger partial charge < -0.3 is 10.2 Å². The molecule has 0 aromatic carbocycles. The Balaban J connectivity index is 2.12. The third-order valence-electron chi connectivity index (χ3n) is 4.64. The van der Waals surface area contributed by atoms with Crippen molar-refractivity contribution in [3.8, 4) is 0 Å². The molecule has 5 heteroatoms. The van der Waals surface area contributed by atoms with E-state index >= 15 is 0 Å². The first kappa shape index (κ1) is 18.2. The van der Waals surface area contributed by atoms with E-state index in [1.807, 2.05) is 30.9 Å². The number of hydrogen-bond acceptors (Lipinski definition) is 3. The molecule has 1 aromatic heterocycles. The fourth-order valence-corrected chi connectivity index (χ4v) is 3.29. The minimum absolute atomic E-state index is 0.0512. The lowest BCUT2D eigenvalue weighted by molar-refractivity contribution is -0.142. The Labute approximate surface area is 144 Å². The van der Waals surface area contributed by atoms with Crippen LogP contribution in [0.5, 0.6) is 0 Å². The first-order valence-corrected chi connectivity index (χ1v) is 8.81. The molecule has 1 fully saturated rings. The first-order valence-electron chi connectivity index (χ1n) is 8.81. The topological polar surface area (TPSA) is 62.3 Å². The molecule has 1 aliphatic rings. The Hall–Kier alpha value is -2.17. The normalized spacial score (nSPS) is 16.8. The van der Waals surface area contributed by atoms with Crippen molar-refractivity contribution in [1.29, 1.82) is 0 Å². The molecule has 0 atom stereocenters. The lowest BCUT2D eigenvalue weighted by Crippen LogP contribution is -2.60. The minimum atomic E-state index is -0.749. The van der Waals surface area contributed by atoms with Gasteiger partial charge in [-0.25, -0.2) is 0 Å². The van der Waals surface area contributed by atoms with Crippen LogP contribution in [-0.4, -0.2) is 40.3 Å². The Morgan fingerprint density at radius 1 is 1.25 bits per heavy atom. The highest BCUT2D eigenvalue weighted by Gasteiger charge is 2.42. The van der Waals surface area contributed by atoms with Crippen molar-refractivity contribution in [2.75, 3.05) is 13.1 Å². The first-order chi connectivity index (χ1) is 11.6. The number of hydrogen-bond donors (Lipinski definition) is 1. The maximum absolute atomic E-state index is 13.0. The molecule has 0 radical (unpaired) electrons. The number of carbonyl (C=O) groups excluding carboxylic acids is 2. The van der Waals surface area contributed by atoms with Crippen molar-refractivity contribution in [2.24, 2.45) is 0 Å². The largest absolute Gasteiger partial charge is 0.341 e. The van der Waals surface area contributed by atoms with Crippen molar-refractivity contribution in [3.63, 3.8) is 0 Å². The Morgan fingerprint density at radius 3 is 2.54 bits per heavy atom. The van der Waals surface area contributed by atoms with E-state index < -0.39 is 5.54 Å². The summed E-state index contributed by atoms with van der Waals surface area (Å²) in [5.41, 5.74) is 0.112. The highest BCUT2D eigenvalue weighted by atomic mass is 16.2. The number of nitrogens with zero attached hydrogens (tertiary/aromatic N) is 2. The van der Waals surface area contributed by atoms with E-state index in [0.29, 0.717) is 13.1 Å². The monoisotopic (exact) mass is 329 g/mol. The maximum Gasteiger partial charge on any atom is 0.248 e. The van der Waals surface area contributed by atoms with Gasteiger partial charge in [0.05, 0.1) is 0 Å². The molecule has 130 valence electrons. The van der Waals surface area contributed by atoms with Gasteiger partial charge in [-0.3, -0.25) is 14.6 Å². The molecule has 0 spiro atoms. The quantitative estimate of drug-likeness (QED) is 0.816. The minimum Gasteiger partial charge on any atom is -0.341 e. The third kappa shape index (κ3) is 4.43. The molecular formula is C19H27N3O2. The van der Waals surface area contributed by atoms with Gasteiger partial charge in [0.25, 0.3) is 0 Å². The summed E-state index contributed by atoms with van der Waals surface area (Å²) in [5.74, 6) is -0.170. The molecule has 0 unspecified atom stereocenters. The molecular weight excluding hydrogens is 302 g/mol. The van der Waals surface area contributed by atoms with Crippen molar-refractivity contribution in [2.45, 2.75) is 51.5 Å². The molecule has 2 amide bonds. The number of carbonyl (C=O) groups is 2. The van der Waals surface area contributed by atoms with Crippen LogP contribution >= 0.6 is 0 Å². The van der Waals surface area contributed by atoms with Crippen LogP contribution in [0.3, 0.4) is 0 Å². The van der Waals surface area contributed by atoms with Crippen LogP contribution in [0.15, 0.2) is 30.6 Å². The van der Waals surface area contributed by atoms with Gasteiger partial charge in [0.15, 0.2) is 0 Å². The fraction of sp³-hybridized carbons (Fsp3) is 0.526. The van der Waals surface area contributed by atoms with Crippen LogP contribution in [0.1, 0.15) is 51.5 Å². The van der Waals surface area contributed by atoms with Crippen LogP contribution in [0.2, 0.25) is 0 Å². The molecule has 24 heavy (non-hydrogen) atoms. The number of nitrogens with one attached hydrogen (secondary N) is 1. The molecule has 1 aromatic rings. The summed E-state index contributed by atoms with van der Waals surface area (Å²) in [6.07, 6.45) is 11.1. The average Bonchev–Trinajstić information content (AvgIpc) is 2.62. The summed E-state index contributed by atoms with van der Waals surface area (Å²) in [5, 5.41) is 3.01. The van der Waals surface area contributed by atoms with Crippen LogP contribution in [0.4, 0.5) is 0 Å². The number of rotatable bonds is 6. The van der Waals surface area contributed by atoms with Crippen LogP contribution < -0.4 is 5.32 Å². The Morgan fingerprint density at radius 2 is 1.96 bits per heavy atom. The van der Waals surface area contributed by atoms with Gasteiger partial charge in [-0.05, 0) is 44.4 Å². The number of amides is 2.